The molecule has 2 rings (SSSR count). The van der Waals surface area contributed by atoms with Crippen LogP contribution in [-0.4, -0.2) is 28.6 Å². The van der Waals surface area contributed by atoms with Gasteiger partial charge in [0, 0.05) is 18.1 Å². The third-order valence-electron chi connectivity index (χ3n) is 3.24. The molecule has 0 fully saturated rings. The molecule has 0 saturated carbocycles. The van der Waals surface area contributed by atoms with Crippen LogP contribution >= 0.6 is 0 Å². The van der Waals surface area contributed by atoms with Crippen molar-refractivity contribution in [2.24, 2.45) is 5.92 Å². The molecular weight excluding hydrogens is 270 g/mol. The second kappa shape index (κ2) is 6.69. The lowest BCUT2D eigenvalue weighted by Crippen LogP contribution is -2.35. The summed E-state index contributed by atoms with van der Waals surface area (Å²) in [5.41, 5.74) is 1.42. The van der Waals surface area contributed by atoms with E-state index in [1.165, 1.54) is 0 Å². The van der Waals surface area contributed by atoms with Crippen LogP contribution in [0.3, 0.4) is 0 Å². The zero-order chi connectivity index (χ0) is 15.2. The van der Waals surface area contributed by atoms with Crippen molar-refractivity contribution in [3.63, 3.8) is 0 Å². The first kappa shape index (κ1) is 14.8. The Morgan fingerprint density at radius 3 is 2.81 bits per heavy atom. The Kier molecular flexibility index (Phi) is 4.71. The van der Waals surface area contributed by atoms with Gasteiger partial charge in [-0.15, -0.1) is 0 Å². The van der Waals surface area contributed by atoms with E-state index < -0.39 is 17.9 Å². The van der Waals surface area contributed by atoms with Gasteiger partial charge in [-0.05, 0) is 30.7 Å². The third-order valence-corrected chi connectivity index (χ3v) is 3.24. The lowest BCUT2D eigenvalue weighted by Gasteiger charge is -2.13. The number of carboxylic acid groups (broad SMARTS) is 1. The molecular formula is C15H17N3O3. The summed E-state index contributed by atoms with van der Waals surface area (Å²) >= 11 is 0. The average molecular weight is 287 g/mol. The number of urea groups is 1. The van der Waals surface area contributed by atoms with E-state index in [0.29, 0.717) is 12.1 Å². The molecule has 1 aromatic carbocycles. The van der Waals surface area contributed by atoms with Crippen LogP contribution in [0.15, 0.2) is 36.5 Å². The van der Waals surface area contributed by atoms with Crippen molar-refractivity contribution < 1.29 is 14.7 Å². The summed E-state index contributed by atoms with van der Waals surface area (Å²) in [6.07, 6.45) is 2.15. The number of aromatic nitrogens is 1. The number of nitrogens with zero attached hydrogens (tertiary/aromatic N) is 1. The highest BCUT2D eigenvalue weighted by atomic mass is 16.4. The Morgan fingerprint density at radius 2 is 2.10 bits per heavy atom. The zero-order valence-electron chi connectivity index (χ0n) is 11.7. The van der Waals surface area contributed by atoms with Gasteiger partial charge in [-0.25, -0.2) is 4.79 Å². The van der Waals surface area contributed by atoms with Crippen LogP contribution in [0.25, 0.3) is 10.9 Å². The summed E-state index contributed by atoms with van der Waals surface area (Å²) in [6.45, 7) is 1.87. The Labute approximate surface area is 122 Å². The summed E-state index contributed by atoms with van der Waals surface area (Å²) in [5.74, 6) is -1.49. The molecule has 2 aromatic rings. The molecule has 0 aliphatic heterocycles. The van der Waals surface area contributed by atoms with Crippen LogP contribution in [0.2, 0.25) is 0 Å². The van der Waals surface area contributed by atoms with Gasteiger partial charge in [0.25, 0.3) is 0 Å². The molecule has 0 aliphatic carbocycles. The van der Waals surface area contributed by atoms with Crippen molar-refractivity contribution >= 4 is 28.6 Å². The van der Waals surface area contributed by atoms with Crippen LogP contribution < -0.4 is 10.6 Å². The topological polar surface area (TPSA) is 91.3 Å². The molecule has 1 atom stereocenters. The number of aliphatic carboxylic acids is 1. The number of anilines is 1. The maximum Gasteiger partial charge on any atom is 0.319 e. The largest absolute Gasteiger partial charge is 0.481 e. The van der Waals surface area contributed by atoms with Gasteiger partial charge >= 0.3 is 12.0 Å². The minimum atomic E-state index is -0.910. The number of carbonyl (C=O) groups excluding carboxylic acids is 1. The molecule has 1 aromatic heterocycles. The summed E-state index contributed by atoms with van der Waals surface area (Å²) in [6, 6.07) is 8.67. The fourth-order valence-electron chi connectivity index (χ4n) is 2.00. The molecule has 6 heteroatoms. The van der Waals surface area contributed by atoms with Crippen molar-refractivity contribution in [3.8, 4) is 0 Å². The number of hydrogen-bond donors (Lipinski definition) is 3. The monoisotopic (exact) mass is 287 g/mol. The normalized spacial score (nSPS) is 11.9. The number of pyridine rings is 1. The Bertz CT molecular complexity index is 652. The molecule has 110 valence electrons. The summed E-state index contributed by atoms with van der Waals surface area (Å²) in [4.78, 5) is 27.0. The molecule has 1 heterocycles. The second-order valence-electron chi connectivity index (χ2n) is 4.65. The molecule has 3 N–H and O–H groups in total. The van der Waals surface area contributed by atoms with Gasteiger partial charge in [0.05, 0.1) is 17.1 Å². The van der Waals surface area contributed by atoms with Gasteiger partial charge in [-0.2, -0.15) is 0 Å². The number of rotatable bonds is 5. The highest BCUT2D eigenvalue weighted by Crippen LogP contribution is 2.20. The Hall–Kier alpha value is -2.63. The van der Waals surface area contributed by atoms with Crippen molar-refractivity contribution in [2.75, 3.05) is 11.9 Å². The predicted molar refractivity (Wildman–Crippen MR) is 80.2 cm³/mol. The van der Waals surface area contributed by atoms with E-state index in [1.807, 2.05) is 12.1 Å². The van der Waals surface area contributed by atoms with Crippen molar-refractivity contribution in [3.05, 3.63) is 36.5 Å². The number of fused-ring (bicyclic) bond motifs is 1. The molecule has 1 unspecified atom stereocenters. The predicted octanol–water partition coefficient (Wildman–Crippen LogP) is 2.47. The van der Waals surface area contributed by atoms with E-state index in [9.17, 15) is 9.59 Å². The molecule has 6 nitrogen and oxygen atoms in total. The smallest absolute Gasteiger partial charge is 0.319 e. The number of hydrogen-bond acceptors (Lipinski definition) is 3. The van der Waals surface area contributed by atoms with E-state index in [2.05, 4.69) is 15.6 Å². The molecule has 0 bridgehead atoms. The van der Waals surface area contributed by atoms with Crippen molar-refractivity contribution in [1.29, 1.82) is 0 Å². The first-order valence-electron chi connectivity index (χ1n) is 6.73. The molecule has 21 heavy (non-hydrogen) atoms. The van der Waals surface area contributed by atoms with Gasteiger partial charge in [-0.1, -0.05) is 13.0 Å². The molecule has 0 saturated heterocycles. The Balaban J connectivity index is 2.03. The summed E-state index contributed by atoms with van der Waals surface area (Å²) in [7, 11) is 0. The molecule has 2 amide bonds. The van der Waals surface area contributed by atoms with Gasteiger partial charge in [0.15, 0.2) is 0 Å². The fraction of sp³-hybridized carbons (Fsp3) is 0.267. The van der Waals surface area contributed by atoms with Crippen LogP contribution in [0.5, 0.6) is 0 Å². The number of benzene rings is 1. The van der Waals surface area contributed by atoms with Gasteiger partial charge < -0.3 is 15.7 Å². The van der Waals surface area contributed by atoms with E-state index in [4.69, 9.17) is 5.11 Å². The number of nitrogens with one attached hydrogen (secondary N) is 2. The quantitative estimate of drug-likeness (QED) is 0.787. The summed E-state index contributed by atoms with van der Waals surface area (Å²) < 4.78 is 0. The second-order valence-corrected chi connectivity index (χ2v) is 4.65. The number of amides is 2. The minimum absolute atomic E-state index is 0.0979. The van der Waals surface area contributed by atoms with Crippen molar-refractivity contribution in [2.45, 2.75) is 13.3 Å². The maximum absolute atomic E-state index is 11.9. The van der Waals surface area contributed by atoms with Gasteiger partial charge in [0.1, 0.15) is 0 Å². The van der Waals surface area contributed by atoms with Crippen molar-refractivity contribution in [1.82, 2.24) is 10.3 Å². The van der Waals surface area contributed by atoms with Gasteiger partial charge in [0.2, 0.25) is 0 Å². The lowest BCUT2D eigenvalue weighted by atomic mass is 10.1. The van der Waals surface area contributed by atoms with Gasteiger partial charge in [-0.3, -0.25) is 9.78 Å². The first-order valence-corrected chi connectivity index (χ1v) is 6.73. The van der Waals surface area contributed by atoms with E-state index >= 15 is 0 Å². The summed E-state index contributed by atoms with van der Waals surface area (Å²) in [5, 5.41) is 15.1. The maximum atomic E-state index is 11.9. The number of carboxylic acids is 1. The van der Waals surface area contributed by atoms with E-state index in [1.54, 1.807) is 31.3 Å². The Morgan fingerprint density at radius 1 is 1.29 bits per heavy atom. The SMILES string of the molecule is CCC(CNC(=O)Nc1cccc2ncccc12)C(=O)O. The molecule has 0 radical (unpaired) electrons. The minimum Gasteiger partial charge on any atom is -0.481 e. The molecule has 0 aliphatic rings. The van der Waals surface area contributed by atoms with Crippen LogP contribution in [0, 0.1) is 5.92 Å². The van der Waals surface area contributed by atoms with E-state index in [-0.39, 0.29) is 6.54 Å². The highest BCUT2D eigenvalue weighted by molar-refractivity contribution is 6.00. The van der Waals surface area contributed by atoms with Crippen LogP contribution in [0.1, 0.15) is 13.3 Å². The molecule has 0 spiro atoms. The van der Waals surface area contributed by atoms with Crippen LogP contribution in [-0.2, 0) is 4.79 Å². The standard InChI is InChI=1S/C15H17N3O3/c1-2-10(14(19)20)9-17-15(21)18-13-7-3-6-12-11(13)5-4-8-16-12/h3-8,10H,2,9H2,1H3,(H,19,20)(H2,17,18,21). The van der Waals surface area contributed by atoms with Crippen LogP contribution in [0.4, 0.5) is 10.5 Å². The first-order chi connectivity index (χ1) is 10.1. The highest BCUT2D eigenvalue weighted by Gasteiger charge is 2.16. The third kappa shape index (κ3) is 3.68. The average Bonchev–Trinajstić information content (AvgIpc) is 2.48. The fourth-order valence-corrected chi connectivity index (χ4v) is 2.00. The van der Waals surface area contributed by atoms with E-state index in [0.717, 1.165) is 10.9 Å². The number of carbonyl (C=O) groups is 2. The lowest BCUT2D eigenvalue weighted by molar-refractivity contribution is -0.141. The zero-order valence-corrected chi connectivity index (χ0v) is 11.7.